The van der Waals surface area contributed by atoms with E-state index in [1.165, 1.54) is 43.5 Å². The Morgan fingerprint density at radius 3 is 2.80 bits per heavy atom. The van der Waals surface area contributed by atoms with E-state index in [1.807, 2.05) is 0 Å². The van der Waals surface area contributed by atoms with E-state index >= 15 is 0 Å². The number of amides is 2. The van der Waals surface area contributed by atoms with Gasteiger partial charge in [0.05, 0.1) is 6.10 Å². The molecule has 1 heterocycles. The minimum Gasteiger partial charge on any atom is -0.488 e. The number of rotatable bonds is 6. The van der Waals surface area contributed by atoms with Gasteiger partial charge in [-0.05, 0) is 43.2 Å². The van der Waals surface area contributed by atoms with Crippen LogP contribution in [0.5, 0.6) is 5.75 Å². The number of aliphatic hydroxyl groups is 1. The van der Waals surface area contributed by atoms with Crippen molar-refractivity contribution in [1.82, 2.24) is 5.32 Å². The van der Waals surface area contributed by atoms with E-state index in [-0.39, 0.29) is 30.3 Å². The number of carbonyl (C=O) groups is 2. The number of benzene rings is 2. The van der Waals surface area contributed by atoms with E-state index in [0.29, 0.717) is 16.8 Å². The normalized spacial score (nSPS) is 17.0. The number of halogens is 2. The van der Waals surface area contributed by atoms with Gasteiger partial charge in [0.15, 0.2) is 11.6 Å². The van der Waals surface area contributed by atoms with Gasteiger partial charge in [0, 0.05) is 35.9 Å². The van der Waals surface area contributed by atoms with Crippen molar-refractivity contribution in [3.05, 3.63) is 70.9 Å². The Morgan fingerprint density at radius 1 is 1.33 bits per heavy atom. The summed E-state index contributed by atoms with van der Waals surface area (Å²) in [4.78, 5) is 24.8. The fourth-order valence-electron chi connectivity index (χ4n) is 3.16. The first-order valence-corrected chi connectivity index (χ1v) is 9.42. The van der Waals surface area contributed by atoms with E-state index in [1.54, 1.807) is 13.0 Å². The maximum Gasteiger partial charge on any atom is 0.253 e. The fraction of sp³-hybridized carbons (Fsp3) is 0.273. The van der Waals surface area contributed by atoms with E-state index in [2.05, 4.69) is 10.6 Å². The highest BCUT2D eigenvalue weighted by atomic mass is 19.1. The SMILES string of the molecule is Cc1cc(F)c(OCC(C)O)cc1NC(=O)C1=CNC(=O)C[C@H]1c1cccc(F)c1. The van der Waals surface area contributed by atoms with Gasteiger partial charge in [-0.2, -0.15) is 0 Å². The van der Waals surface area contributed by atoms with Crippen molar-refractivity contribution < 1.29 is 28.2 Å². The molecule has 1 aliphatic rings. The zero-order valence-electron chi connectivity index (χ0n) is 16.5. The van der Waals surface area contributed by atoms with Crippen LogP contribution in [0.2, 0.25) is 0 Å². The van der Waals surface area contributed by atoms with Crippen molar-refractivity contribution in [2.75, 3.05) is 11.9 Å². The molecule has 0 bridgehead atoms. The smallest absolute Gasteiger partial charge is 0.253 e. The van der Waals surface area contributed by atoms with Gasteiger partial charge in [-0.1, -0.05) is 12.1 Å². The second-order valence-electron chi connectivity index (χ2n) is 7.19. The highest BCUT2D eigenvalue weighted by Crippen LogP contribution is 2.32. The van der Waals surface area contributed by atoms with Crippen molar-refractivity contribution in [3.63, 3.8) is 0 Å². The van der Waals surface area contributed by atoms with Crippen molar-refractivity contribution >= 4 is 17.5 Å². The maximum absolute atomic E-state index is 14.1. The molecule has 3 rings (SSSR count). The molecule has 0 saturated carbocycles. The van der Waals surface area contributed by atoms with Gasteiger partial charge in [0.2, 0.25) is 5.91 Å². The van der Waals surface area contributed by atoms with Crippen LogP contribution in [0.4, 0.5) is 14.5 Å². The number of hydrogen-bond donors (Lipinski definition) is 3. The molecule has 1 unspecified atom stereocenters. The Kier molecular flexibility index (Phi) is 6.47. The number of aryl methyl sites for hydroxylation is 1. The second kappa shape index (κ2) is 9.04. The lowest BCUT2D eigenvalue weighted by Gasteiger charge is -2.24. The van der Waals surface area contributed by atoms with Gasteiger partial charge in [-0.25, -0.2) is 8.78 Å². The predicted molar refractivity (Wildman–Crippen MR) is 107 cm³/mol. The molecule has 0 aromatic heterocycles. The van der Waals surface area contributed by atoms with Crippen molar-refractivity contribution in [1.29, 1.82) is 0 Å². The molecule has 158 valence electrons. The molecule has 2 atom stereocenters. The van der Waals surface area contributed by atoms with Crippen LogP contribution < -0.4 is 15.4 Å². The molecule has 3 N–H and O–H groups in total. The third-order valence-electron chi connectivity index (χ3n) is 4.67. The summed E-state index contributed by atoms with van der Waals surface area (Å²) in [5.74, 6) is -2.61. The summed E-state index contributed by atoms with van der Waals surface area (Å²) in [7, 11) is 0. The molecule has 8 heteroatoms. The number of carbonyl (C=O) groups excluding carboxylic acids is 2. The monoisotopic (exact) mass is 416 g/mol. The van der Waals surface area contributed by atoms with Gasteiger partial charge >= 0.3 is 0 Å². The third-order valence-corrected chi connectivity index (χ3v) is 4.67. The number of ether oxygens (including phenoxy) is 1. The van der Waals surface area contributed by atoms with Gasteiger partial charge in [0.25, 0.3) is 5.91 Å². The third kappa shape index (κ3) is 5.01. The lowest BCUT2D eigenvalue weighted by molar-refractivity contribution is -0.121. The van der Waals surface area contributed by atoms with Crippen LogP contribution in [-0.2, 0) is 9.59 Å². The molecule has 2 aromatic rings. The summed E-state index contributed by atoms with van der Waals surface area (Å²) in [6.07, 6.45) is 0.515. The topological polar surface area (TPSA) is 87.7 Å². The Morgan fingerprint density at radius 2 is 2.10 bits per heavy atom. The van der Waals surface area contributed by atoms with Crippen LogP contribution in [0.15, 0.2) is 48.2 Å². The molecule has 0 saturated heterocycles. The van der Waals surface area contributed by atoms with Crippen LogP contribution >= 0.6 is 0 Å². The molecule has 0 aliphatic carbocycles. The van der Waals surface area contributed by atoms with Crippen molar-refractivity contribution in [3.8, 4) is 5.75 Å². The van der Waals surface area contributed by atoms with Gasteiger partial charge in [-0.15, -0.1) is 0 Å². The highest BCUT2D eigenvalue weighted by molar-refractivity contribution is 6.06. The summed E-state index contributed by atoms with van der Waals surface area (Å²) >= 11 is 0. The zero-order valence-corrected chi connectivity index (χ0v) is 16.5. The molecule has 0 fully saturated rings. The Balaban J connectivity index is 1.86. The largest absolute Gasteiger partial charge is 0.488 e. The quantitative estimate of drug-likeness (QED) is 0.675. The van der Waals surface area contributed by atoms with Crippen molar-refractivity contribution in [2.24, 2.45) is 0 Å². The summed E-state index contributed by atoms with van der Waals surface area (Å²) < 4.78 is 33.0. The summed E-state index contributed by atoms with van der Waals surface area (Å²) in [6.45, 7) is 3.02. The molecule has 0 radical (unpaired) electrons. The molecule has 1 aliphatic heterocycles. The lowest BCUT2D eigenvalue weighted by Crippen LogP contribution is -2.32. The number of nitrogens with one attached hydrogen (secondary N) is 2. The first kappa shape index (κ1) is 21.4. The number of aliphatic hydroxyl groups excluding tert-OH is 1. The van der Waals surface area contributed by atoms with Crippen molar-refractivity contribution in [2.45, 2.75) is 32.3 Å². The van der Waals surface area contributed by atoms with Crippen LogP contribution in [0.1, 0.15) is 30.4 Å². The standard InChI is InChI=1S/C22H22F2N2O4/c1-12-6-18(24)20(30-11-13(2)27)9-19(12)26-22(29)17-10-25-21(28)8-16(17)14-4-3-5-15(23)7-14/h3-7,9-10,13,16,27H,8,11H2,1-2H3,(H,25,28)(H,26,29)/t13?,16-/m0/s1. The minimum absolute atomic E-state index is 0.00610. The fourth-order valence-corrected chi connectivity index (χ4v) is 3.16. The average Bonchev–Trinajstić information content (AvgIpc) is 2.68. The van der Waals surface area contributed by atoms with Gasteiger partial charge < -0.3 is 20.5 Å². The maximum atomic E-state index is 14.1. The lowest BCUT2D eigenvalue weighted by atomic mass is 9.86. The van der Waals surface area contributed by atoms with E-state index in [4.69, 9.17) is 4.74 Å². The molecular formula is C22H22F2N2O4. The molecule has 2 amide bonds. The van der Waals surface area contributed by atoms with Gasteiger partial charge in [0.1, 0.15) is 12.4 Å². The van der Waals surface area contributed by atoms with E-state index in [9.17, 15) is 23.5 Å². The minimum atomic E-state index is -0.785. The average molecular weight is 416 g/mol. The Labute approximate surface area is 172 Å². The van der Waals surface area contributed by atoms with E-state index < -0.39 is 29.6 Å². The first-order valence-electron chi connectivity index (χ1n) is 9.42. The first-order chi connectivity index (χ1) is 14.2. The van der Waals surface area contributed by atoms with Crippen LogP contribution in [-0.4, -0.2) is 29.6 Å². The zero-order chi connectivity index (χ0) is 21.8. The van der Waals surface area contributed by atoms with E-state index in [0.717, 1.165) is 0 Å². The summed E-state index contributed by atoms with van der Waals surface area (Å²) in [5, 5.41) is 14.6. The van der Waals surface area contributed by atoms with Crippen LogP contribution in [0, 0.1) is 18.6 Å². The Bertz CT molecular complexity index is 1000. The predicted octanol–water partition coefficient (Wildman–Crippen LogP) is 3.16. The second-order valence-corrected chi connectivity index (χ2v) is 7.19. The van der Waals surface area contributed by atoms with Crippen LogP contribution in [0.3, 0.4) is 0 Å². The number of anilines is 1. The number of hydrogen-bond acceptors (Lipinski definition) is 4. The summed E-state index contributed by atoms with van der Waals surface area (Å²) in [6, 6.07) is 8.29. The van der Waals surface area contributed by atoms with Crippen LogP contribution in [0.25, 0.3) is 0 Å². The summed E-state index contributed by atoms with van der Waals surface area (Å²) in [5.41, 5.74) is 1.53. The molecular weight excluding hydrogens is 394 g/mol. The Hall–Kier alpha value is -3.26. The molecule has 6 nitrogen and oxygen atoms in total. The highest BCUT2D eigenvalue weighted by Gasteiger charge is 2.29. The molecule has 30 heavy (non-hydrogen) atoms. The van der Waals surface area contributed by atoms with Gasteiger partial charge in [-0.3, -0.25) is 9.59 Å². The molecule has 2 aromatic carbocycles. The molecule has 0 spiro atoms.